The zero-order valence-electron chi connectivity index (χ0n) is 8.33. The van der Waals surface area contributed by atoms with Gasteiger partial charge in [0.1, 0.15) is 11.0 Å². The van der Waals surface area contributed by atoms with Gasteiger partial charge in [-0.2, -0.15) is 0 Å². The molecule has 4 heteroatoms. The molecule has 0 fully saturated rings. The molecule has 0 aliphatic carbocycles. The minimum atomic E-state index is -0.0973. The Hall–Kier alpha value is -1.09. The minimum absolute atomic E-state index is 0.0973. The van der Waals surface area contributed by atoms with Crippen LogP contribution in [0.3, 0.4) is 0 Å². The first-order chi connectivity index (χ1) is 6.69. The lowest BCUT2D eigenvalue weighted by Gasteiger charge is -2.07. The molecule has 0 bridgehead atoms. The number of rotatable bonds is 3. The van der Waals surface area contributed by atoms with Gasteiger partial charge in [0.15, 0.2) is 0 Å². The Labute approximate surface area is 88.0 Å². The zero-order valence-corrected chi connectivity index (χ0v) is 9.08. The standard InChI is InChI=1S/C10H13ClN2O/c1-3-5-6-13-9(4-2)12-8(11)7-10(13)14/h3,5,7H,4,6H2,1-2H3/b5-3+. The van der Waals surface area contributed by atoms with Crippen LogP contribution in [0.1, 0.15) is 19.7 Å². The molecule has 0 N–H and O–H groups in total. The van der Waals surface area contributed by atoms with E-state index in [4.69, 9.17) is 11.6 Å². The van der Waals surface area contributed by atoms with Crippen molar-refractivity contribution >= 4 is 11.6 Å². The molecule has 1 aromatic rings. The molecule has 0 saturated carbocycles. The molecule has 76 valence electrons. The van der Waals surface area contributed by atoms with Crippen molar-refractivity contribution in [3.8, 4) is 0 Å². The molecule has 1 heterocycles. The molecule has 3 nitrogen and oxygen atoms in total. The predicted molar refractivity (Wildman–Crippen MR) is 57.7 cm³/mol. The van der Waals surface area contributed by atoms with Gasteiger partial charge in [-0.1, -0.05) is 30.7 Å². The van der Waals surface area contributed by atoms with Gasteiger partial charge in [0.25, 0.3) is 5.56 Å². The smallest absolute Gasteiger partial charge is 0.255 e. The number of nitrogens with zero attached hydrogens (tertiary/aromatic N) is 2. The molecule has 0 aromatic carbocycles. The van der Waals surface area contributed by atoms with Crippen LogP contribution in [0.15, 0.2) is 23.0 Å². The van der Waals surface area contributed by atoms with Gasteiger partial charge in [-0.3, -0.25) is 9.36 Å². The van der Waals surface area contributed by atoms with E-state index in [2.05, 4.69) is 4.98 Å². The van der Waals surface area contributed by atoms with E-state index in [1.54, 1.807) is 4.57 Å². The fourth-order valence-electron chi connectivity index (χ4n) is 1.20. The van der Waals surface area contributed by atoms with Crippen molar-refractivity contribution < 1.29 is 0 Å². The Morgan fingerprint density at radius 3 is 2.93 bits per heavy atom. The van der Waals surface area contributed by atoms with Crippen molar-refractivity contribution in [2.75, 3.05) is 0 Å². The monoisotopic (exact) mass is 212 g/mol. The lowest BCUT2D eigenvalue weighted by atomic mass is 10.4. The molecule has 0 radical (unpaired) electrons. The molecule has 0 saturated heterocycles. The minimum Gasteiger partial charge on any atom is -0.293 e. The van der Waals surface area contributed by atoms with E-state index < -0.39 is 0 Å². The second-order valence-corrected chi connectivity index (χ2v) is 3.25. The highest BCUT2D eigenvalue weighted by molar-refractivity contribution is 6.29. The van der Waals surface area contributed by atoms with Crippen molar-refractivity contribution in [2.24, 2.45) is 0 Å². The van der Waals surface area contributed by atoms with Crippen molar-refractivity contribution in [3.05, 3.63) is 39.5 Å². The largest absolute Gasteiger partial charge is 0.293 e. The Morgan fingerprint density at radius 2 is 2.36 bits per heavy atom. The molecule has 1 rings (SSSR count). The maximum absolute atomic E-state index is 11.5. The average molecular weight is 213 g/mol. The van der Waals surface area contributed by atoms with E-state index in [9.17, 15) is 4.79 Å². The first kappa shape index (κ1) is 11.0. The normalized spacial score (nSPS) is 11.1. The van der Waals surface area contributed by atoms with Crippen molar-refractivity contribution in [2.45, 2.75) is 26.8 Å². The highest BCUT2D eigenvalue weighted by Gasteiger charge is 2.03. The van der Waals surface area contributed by atoms with E-state index in [0.29, 0.717) is 13.0 Å². The summed E-state index contributed by atoms with van der Waals surface area (Å²) in [6.07, 6.45) is 4.52. The number of hydrogen-bond donors (Lipinski definition) is 0. The molecule has 0 unspecified atom stereocenters. The third-order valence-electron chi connectivity index (χ3n) is 1.90. The number of aryl methyl sites for hydroxylation is 1. The van der Waals surface area contributed by atoms with Crippen LogP contribution in [0.4, 0.5) is 0 Å². The molecular formula is C10H13ClN2O. The lowest BCUT2D eigenvalue weighted by molar-refractivity contribution is 0.686. The van der Waals surface area contributed by atoms with Crippen LogP contribution in [-0.4, -0.2) is 9.55 Å². The third-order valence-corrected chi connectivity index (χ3v) is 2.09. The summed E-state index contributed by atoms with van der Waals surface area (Å²) < 4.78 is 1.62. The molecule has 0 aliphatic rings. The highest BCUT2D eigenvalue weighted by atomic mass is 35.5. The summed E-state index contributed by atoms with van der Waals surface area (Å²) >= 11 is 5.69. The number of allylic oxidation sites excluding steroid dienone is 2. The maximum Gasteiger partial charge on any atom is 0.255 e. The fourth-order valence-corrected chi connectivity index (χ4v) is 1.39. The van der Waals surface area contributed by atoms with E-state index >= 15 is 0 Å². The molecular weight excluding hydrogens is 200 g/mol. The van der Waals surface area contributed by atoms with Gasteiger partial charge in [-0.25, -0.2) is 4.98 Å². The molecule has 14 heavy (non-hydrogen) atoms. The summed E-state index contributed by atoms with van der Waals surface area (Å²) in [6, 6.07) is 1.34. The summed E-state index contributed by atoms with van der Waals surface area (Å²) in [7, 11) is 0. The van der Waals surface area contributed by atoms with Crippen molar-refractivity contribution in [1.82, 2.24) is 9.55 Å². The van der Waals surface area contributed by atoms with Gasteiger partial charge in [-0.05, 0) is 6.92 Å². The highest BCUT2D eigenvalue weighted by Crippen LogP contribution is 2.03. The Kier molecular flexibility index (Phi) is 3.89. The van der Waals surface area contributed by atoms with Gasteiger partial charge in [-0.15, -0.1) is 0 Å². The van der Waals surface area contributed by atoms with Crippen LogP contribution >= 0.6 is 11.6 Å². The number of hydrogen-bond acceptors (Lipinski definition) is 2. The lowest BCUT2D eigenvalue weighted by Crippen LogP contribution is -2.23. The van der Waals surface area contributed by atoms with Crippen LogP contribution < -0.4 is 5.56 Å². The van der Waals surface area contributed by atoms with Crippen LogP contribution in [0.25, 0.3) is 0 Å². The zero-order chi connectivity index (χ0) is 10.6. The maximum atomic E-state index is 11.5. The molecule has 0 aliphatic heterocycles. The number of aromatic nitrogens is 2. The first-order valence-electron chi connectivity index (χ1n) is 4.56. The quantitative estimate of drug-likeness (QED) is 0.568. The SMILES string of the molecule is C/C=C/Cn1c(CC)nc(Cl)cc1=O. The summed E-state index contributed by atoms with van der Waals surface area (Å²) in [5.74, 6) is 0.723. The number of halogens is 1. The predicted octanol–water partition coefficient (Wildman–Crippen LogP) is 2.04. The fraction of sp³-hybridized carbons (Fsp3) is 0.400. The van der Waals surface area contributed by atoms with E-state index in [-0.39, 0.29) is 10.7 Å². The third kappa shape index (κ3) is 2.45. The van der Waals surface area contributed by atoms with Gasteiger partial charge in [0, 0.05) is 19.0 Å². The second-order valence-electron chi connectivity index (χ2n) is 2.87. The average Bonchev–Trinajstić information content (AvgIpc) is 2.15. The molecule has 0 amide bonds. The van der Waals surface area contributed by atoms with Gasteiger partial charge >= 0.3 is 0 Å². The van der Waals surface area contributed by atoms with Crippen LogP contribution in [0.5, 0.6) is 0 Å². The molecule has 0 atom stereocenters. The van der Waals surface area contributed by atoms with Crippen LogP contribution in [-0.2, 0) is 13.0 Å². The molecule has 1 aromatic heterocycles. The second kappa shape index (κ2) is 4.96. The van der Waals surface area contributed by atoms with E-state index in [1.807, 2.05) is 26.0 Å². The summed E-state index contributed by atoms with van der Waals surface area (Å²) in [5.41, 5.74) is -0.0973. The van der Waals surface area contributed by atoms with Crippen molar-refractivity contribution in [3.63, 3.8) is 0 Å². The van der Waals surface area contributed by atoms with Gasteiger partial charge in [0.05, 0.1) is 0 Å². The Bertz CT molecular complexity index is 396. The van der Waals surface area contributed by atoms with E-state index in [0.717, 1.165) is 5.82 Å². The van der Waals surface area contributed by atoms with Crippen LogP contribution in [0, 0.1) is 0 Å². The van der Waals surface area contributed by atoms with Crippen LogP contribution in [0.2, 0.25) is 5.15 Å². The summed E-state index contributed by atoms with van der Waals surface area (Å²) in [5, 5.41) is 0.267. The molecule has 0 spiro atoms. The van der Waals surface area contributed by atoms with E-state index in [1.165, 1.54) is 6.07 Å². The van der Waals surface area contributed by atoms with Gasteiger partial charge in [0.2, 0.25) is 0 Å². The first-order valence-corrected chi connectivity index (χ1v) is 4.94. The summed E-state index contributed by atoms with van der Waals surface area (Å²) in [4.78, 5) is 15.6. The summed E-state index contributed by atoms with van der Waals surface area (Å²) in [6.45, 7) is 4.42. The Balaban J connectivity index is 3.18. The Morgan fingerprint density at radius 1 is 1.64 bits per heavy atom. The van der Waals surface area contributed by atoms with Gasteiger partial charge < -0.3 is 0 Å². The van der Waals surface area contributed by atoms with Crippen molar-refractivity contribution in [1.29, 1.82) is 0 Å². The topological polar surface area (TPSA) is 34.9 Å².